The third kappa shape index (κ3) is 3.50. The van der Waals surface area contributed by atoms with Crippen LogP contribution in [0.5, 0.6) is 5.75 Å². The minimum atomic E-state index is -1.03. The summed E-state index contributed by atoms with van der Waals surface area (Å²) in [5.74, 6) is -2.33. The van der Waals surface area contributed by atoms with Gasteiger partial charge in [0.25, 0.3) is 5.91 Å². The van der Waals surface area contributed by atoms with Gasteiger partial charge in [-0.15, -0.1) is 0 Å². The normalized spacial score (nSPS) is 11.8. The number of anilines is 1. The number of carbonyl (C=O) groups is 1. The molecule has 0 saturated carbocycles. The van der Waals surface area contributed by atoms with Gasteiger partial charge in [-0.1, -0.05) is 0 Å². The fourth-order valence-corrected chi connectivity index (χ4v) is 1.49. The van der Waals surface area contributed by atoms with Crippen molar-refractivity contribution in [1.82, 2.24) is 4.98 Å². The predicted molar refractivity (Wildman–Crippen MR) is 69.3 cm³/mol. The molecule has 0 fully saturated rings. The van der Waals surface area contributed by atoms with E-state index < -0.39 is 23.6 Å². The number of benzene rings is 1. The second-order valence-corrected chi connectivity index (χ2v) is 4.07. The summed E-state index contributed by atoms with van der Waals surface area (Å²) in [5, 5.41) is 2.59. The third-order valence-electron chi connectivity index (χ3n) is 2.50. The summed E-state index contributed by atoms with van der Waals surface area (Å²) in [7, 11) is 0. The molecule has 6 heteroatoms. The van der Waals surface area contributed by atoms with E-state index in [0.29, 0.717) is 5.69 Å². The van der Waals surface area contributed by atoms with Crippen molar-refractivity contribution in [2.24, 2.45) is 0 Å². The molecule has 0 bridgehead atoms. The highest BCUT2D eigenvalue weighted by atomic mass is 19.2. The first-order valence-corrected chi connectivity index (χ1v) is 5.89. The SMILES string of the molecule is C[C@@H](Oc1ccc(F)c(F)c1)C(=O)Nc1cccnc1. The number of pyridine rings is 1. The van der Waals surface area contributed by atoms with Crippen molar-refractivity contribution >= 4 is 11.6 Å². The summed E-state index contributed by atoms with van der Waals surface area (Å²) in [6, 6.07) is 6.44. The van der Waals surface area contributed by atoms with Gasteiger partial charge in [0.05, 0.1) is 11.9 Å². The Morgan fingerprint density at radius 3 is 2.75 bits per heavy atom. The van der Waals surface area contributed by atoms with Crippen LogP contribution in [0.2, 0.25) is 0 Å². The zero-order valence-corrected chi connectivity index (χ0v) is 10.6. The third-order valence-corrected chi connectivity index (χ3v) is 2.50. The summed E-state index contributed by atoms with van der Waals surface area (Å²) in [5.41, 5.74) is 0.526. The molecule has 1 aromatic carbocycles. The standard InChI is InChI=1S/C14H12F2N2O2/c1-9(14(19)18-10-3-2-6-17-8-10)20-11-4-5-12(15)13(16)7-11/h2-9H,1H3,(H,18,19)/t9-/m1/s1. The van der Waals surface area contributed by atoms with Crippen molar-refractivity contribution in [3.05, 3.63) is 54.4 Å². The molecule has 0 aliphatic heterocycles. The van der Waals surface area contributed by atoms with E-state index in [1.165, 1.54) is 19.2 Å². The molecule has 0 spiro atoms. The predicted octanol–water partition coefficient (Wildman–Crippen LogP) is 2.77. The van der Waals surface area contributed by atoms with Crippen LogP contribution in [0, 0.1) is 11.6 Å². The van der Waals surface area contributed by atoms with Crippen molar-refractivity contribution in [3.63, 3.8) is 0 Å². The number of halogens is 2. The van der Waals surface area contributed by atoms with E-state index in [0.717, 1.165) is 12.1 Å². The molecule has 2 aromatic rings. The summed E-state index contributed by atoms with van der Waals surface area (Å²) < 4.78 is 31.0. The van der Waals surface area contributed by atoms with Crippen LogP contribution in [0.15, 0.2) is 42.7 Å². The number of carbonyl (C=O) groups excluding carboxylic acids is 1. The van der Waals surface area contributed by atoms with Crippen LogP contribution in [0.4, 0.5) is 14.5 Å². The van der Waals surface area contributed by atoms with Crippen LogP contribution < -0.4 is 10.1 Å². The maximum Gasteiger partial charge on any atom is 0.265 e. The molecule has 1 heterocycles. The van der Waals surface area contributed by atoms with Gasteiger partial charge in [-0.05, 0) is 31.2 Å². The highest BCUT2D eigenvalue weighted by molar-refractivity contribution is 5.93. The molecule has 1 amide bonds. The van der Waals surface area contributed by atoms with Crippen molar-refractivity contribution in [2.75, 3.05) is 5.32 Å². The second-order valence-electron chi connectivity index (χ2n) is 4.07. The molecule has 20 heavy (non-hydrogen) atoms. The van der Waals surface area contributed by atoms with Crippen molar-refractivity contribution < 1.29 is 18.3 Å². The highest BCUT2D eigenvalue weighted by Crippen LogP contribution is 2.17. The van der Waals surface area contributed by atoms with Crippen LogP contribution in [0.25, 0.3) is 0 Å². The monoisotopic (exact) mass is 278 g/mol. The highest BCUT2D eigenvalue weighted by Gasteiger charge is 2.15. The molecule has 1 N–H and O–H groups in total. The minimum Gasteiger partial charge on any atom is -0.481 e. The molecule has 4 nitrogen and oxygen atoms in total. The number of hydrogen-bond donors (Lipinski definition) is 1. The van der Waals surface area contributed by atoms with Crippen LogP contribution >= 0.6 is 0 Å². The van der Waals surface area contributed by atoms with E-state index in [4.69, 9.17) is 4.74 Å². The van der Waals surface area contributed by atoms with Crippen LogP contribution in [0.1, 0.15) is 6.92 Å². The molecule has 0 unspecified atom stereocenters. The van der Waals surface area contributed by atoms with Crippen LogP contribution in [0.3, 0.4) is 0 Å². The van der Waals surface area contributed by atoms with E-state index in [9.17, 15) is 13.6 Å². The minimum absolute atomic E-state index is 0.0812. The first-order chi connectivity index (χ1) is 9.56. The molecule has 0 aliphatic carbocycles. The molecule has 1 aromatic heterocycles. The average Bonchev–Trinajstić information content (AvgIpc) is 2.44. The van der Waals surface area contributed by atoms with Gasteiger partial charge >= 0.3 is 0 Å². The largest absolute Gasteiger partial charge is 0.481 e. The lowest BCUT2D eigenvalue weighted by Gasteiger charge is -2.14. The smallest absolute Gasteiger partial charge is 0.265 e. The molecule has 104 valence electrons. The van der Waals surface area contributed by atoms with Gasteiger partial charge in [-0.3, -0.25) is 9.78 Å². The Labute approximate surface area is 114 Å². The number of rotatable bonds is 4. The number of amides is 1. The Hall–Kier alpha value is -2.50. The van der Waals surface area contributed by atoms with E-state index in [-0.39, 0.29) is 5.75 Å². The average molecular weight is 278 g/mol. The van der Waals surface area contributed by atoms with Gasteiger partial charge in [0.1, 0.15) is 5.75 Å². The summed E-state index contributed by atoms with van der Waals surface area (Å²) in [4.78, 5) is 15.7. The van der Waals surface area contributed by atoms with E-state index in [1.54, 1.807) is 18.3 Å². The number of aromatic nitrogens is 1. The molecule has 0 aliphatic rings. The van der Waals surface area contributed by atoms with Crippen molar-refractivity contribution in [1.29, 1.82) is 0 Å². The van der Waals surface area contributed by atoms with Gasteiger partial charge < -0.3 is 10.1 Å². The lowest BCUT2D eigenvalue weighted by molar-refractivity contribution is -0.122. The fraction of sp³-hybridized carbons (Fsp3) is 0.143. The first-order valence-electron chi connectivity index (χ1n) is 5.89. The summed E-state index contributed by atoms with van der Waals surface area (Å²) in [6.45, 7) is 1.51. The van der Waals surface area contributed by atoms with Crippen LogP contribution in [-0.4, -0.2) is 17.0 Å². The summed E-state index contributed by atoms with van der Waals surface area (Å²) >= 11 is 0. The Bertz CT molecular complexity index is 605. The summed E-state index contributed by atoms with van der Waals surface area (Å²) in [6.07, 6.45) is 2.21. The van der Waals surface area contributed by atoms with Crippen molar-refractivity contribution in [3.8, 4) is 5.75 Å². The Balaban J connectivity index is 1.98. The molecule has 0 saturated heterocycles. The Morgan fingerprint density at radius 2 is 2.10 bits per heavy atom. The van der Waals surface area contributed by atoms with Gasteiger partial charge in [0.2, 0.25) is 0 Å². The second kappa shape index (κ2) is 6.10. The first kappa shape index (κ1) is 13.9. The molecule has 2 rings (SSSR count). The number of hydrogen-bond acceptors (Lipinski definition) is 3. The number of nitrogens with one attached hydrogen (secondary N) is 1. The van der Waals surface area contributed by atoms with Gasteiger partial charge in [-0.25, -0.2) is 8.78 Å². The van der Waals surface area contributed by atoms with Crippen molar-refractivity contribution in [2.45, 2.75) is 13.0 Å². The van der Waals surface area contributed by atoms with E-state index in [1.807, 2.05) is 0 Å². The Kier molecular flexibility index (Phi) is 4.24. The topological polar surface area (TPSA) is 51.2 Å². The molecular weight excluding hydrogens is 266 g/mol. The van der Waals surface area contributed by atoms with Crippen LogP contribution in [-0.2, 0) is 4.79 Å². The Morgan fingerprint density at radius 1 is 1.30 bits per heavy atom. The zero-order chi connectivity index (χ0) is 14.5. The lowest BCUT2D eigenvalue weighted by Crippen LogP contribution is -2.30. The van der Waals surface area contributed by atoms with Gasteiger partial charge in [-0.2, -0.15) is 0 Å². The number of nitrogens with zero attached hydrogens (tertiary/aromatic N) is 1. The lowest BCUT2D eigenvalue weighted by atomic mass is 10.3. The zero-order valence-electron chi connectivity index (χ0n) is 10.6. The quantitative estimate of drug-likeness (QED) is 0.935. The number of ether oxygens (including phenoxy) is 1. The molecule has 1 atom stereocenters. The maximum atomic E-state index is 13.0. The van der Waals surface area contributed by atoms with Gasteiger partial charge in [0.15, 0.2) is 17.7 Å². The molecule has 0 radical (unpaired) electrons. The van der Waals surface area contributed by atoms with Gasteiger partial charge in [0, 0.05) is 12.3 Å². The molecular formula is C14H12F2N2O2. The van der Waals surface area contributed by atoms with E-state index >= 15 is 0 Å². The fourth-order valence-electron chi connectivity index (χ4n) is 1.49. The maximum absolute atomic E-state index is 13.0. The van der Waals surface area contributed by atoms with E-state index in [2.05, 4.69) is 10.3 Å².